The Morgan fingerprint density at radius 3 is 2.62 bits per heavy atom. The average Bonchev–Trinajstić information content (AvgIpc) is 3.22. The lowest BCUT2D eigenvalue weighted by Gasteiger charge is -2.30. The van der Waals surface area contributed by atoms with Crippen LogP contribution in [0, 0.1) is 17.2 Å². The van der Waals surface area contributed by atoms with E-state index in [1.165, 1.54) is 11.1 Å². The summed E-state index contributed by atoms with van der Waals surface area (Å²) in [5.41, 5.74) is 3.54. The second-order valence-electron chi connectivity index (χ2n) is 9.54. The van der Waals surface area contributed by atoms with Crippen LogP contribution in [0.15, 0.2) is 36.4 Å². The molecule has 1 aromatic heterocycles. The predicted octanol–water partition coefficient (Wildman–Crippen LogP) is 3.36. The molecule has 0 fully saturated rings. The number of aliphatic hydroxyl groups is 1. The van der Waals surface area contributed by atoms with Crippen LogP contribution in [-0.4, -0.2) is 47.5 Å². The van der Waals surface area contributed by atoms with Crippen molar-refractivity contribution in [2.45, 2.75) is 64.5 Å². The van der Waals surface area contributed by atoms with E-state index < -0.39 is 6.10 Å². The fraction of sp³-hybridized carbons (Fsp3) is 0.519. The molecule has 34 heavy (non-hydrogen) atoms. The van der Waals surface area contributed by atoms with E-state index in [4.69, 9.17) is 9.47 Å². The molecule has 0 saturated carbocycles. The molecule has 0 bridgehead atoms. The number of pyridine rings is 1. The van der Waals surface area contributed by atoms with E-state index in [1.54, 1.807) is 19.1 Å². The van der Waals surface area contributed by atoms with Crippen LogP contribution < -0.4 is 10.1 Å². The molecular formula is C27H35N3O4. The van der Waals surface area contributed by atoms with E-state index in [0.717, 1.165) is 19.3 Å². The smallest absolute Gasteiger partial charge is 0.306 e. The van der Waals surface area contributed by atoms with Gasteiger partial charge in [0, 0.05) is 24.2 Å². The van der Waals surface area contributed by atoms with Gasteiger partial charge in [0.1, 0.15) is 18.8 Å². The number of esters is 1. The first-order valence-corrected chi connectivity index (χ1v) is 12.0. The Labute approximate surface area is 202 Å². The number of aryl methyl sites for hydroxylation is 1. The number of nitrogens with one attached hydrogen (secondary N) is 1. The number of hydrogen-bond donors (Lipinski definition) is 2. The topological polar surface area (TPSA) is 104 Å². The first-order valence-electron chi connectivity index (χ1n) is 12.0. The molecule has 0 radical (unpaired) electrons. The highest BCUT2D eigenvalue weighted by atomic mass is 16.5. The minimum absolute atomic E-state index is 0.0521. The van der Waals surface area contributed by atoms with Gasteiger partial charge in [-0.3, -0.25) is 4.79 Å². The maximum absolute atomic E-state index is 11.5. The fourth-order valence-electron chi connectivity index (χ4n) is 4.51. The Bertz CT molecular complexity index is 990. The van der Waals surface area contributed by atoms with Crippen molar-refractivity contribution < 1.29 is 19.4 Å². The van der Waals surface area contributed by atoms with Gasteiger partial charge in [-0.1, -0.05) is 24.3 Å². The number of β-amino-alcohol motifs (C(OH)–C–C–N with tert-alkyl or cyclic N) is 1. The van der Waals surface area contributed by atoms with Gasteiger partial charge in [0.2, 0.25) is 0 Å². The van der Waals surface area contributed by atoms with Crippen LogP contribution in [0.25, 0.3) is 0 Å². The molecule has 7 heteroatoms. The molecule has 1 heterocycles. The van der Waals surface area contributed by atoms with E-state index in [9.17, 15) is 15.2 Å². The molecule has 1 aliphatic rings. The number of nitrogens with zero attached hydrogens (tertiary/aromatic N) is 2. The molecule has 182 valence electrons. The van der Waals surface area contributed by atoms with Crippen molar-refractivity contribution in [2.75, 3.05) is 19.8 Å². The van der Waals surface area contributed by atoms with Gasteiger partial charge < -0.3 is 19.9 Å². The molecule has 7 nitrogen and oxygen atoms in total. The van der Waals surface area contributed by atoms with Crippen LogP contribution in [0.2, 0.25) is 0 Å². The fourth-order valence-corrected chi connectivity index (χ4v) is 4.51. The number of aliphatic hydroxyl groups excluding tert-OH is 1. The minimum Gasteiger partial charge on any atom is -0.488 e. The lowest BCUT2D eigenvalue weighted by atomic mass is 9.88. The van der Waals surface area contributed by atoms with Gasteiger partial charge in [0.25, 0.3) is 0 Å². The van der Waals surface area contributed by atoms with Crippen molar-refractivity contribution in [2.24, 2.45) is 5.92 Å². The zero-order chi connectivity index (χ0) is 24.6. The summed E-state index contributed by atoms with van der Waals surface area (Å²) in [7, 11) is 0. The highest BCUT2D eigenvalue weighted by Gasteiger charge is 2.28. The highest BCUT2D eigenvalue weighted by molar-refractivity contribution is 5.69. The molecule has 0 unspecified atom stereocenters. The molecule has 1 aliphatic carbocycles. The summed E-state index contributed by atoms with van der Waals surface area (Å²) in [6, 6.07) is 14.1. The lowest BCUT2D eigenvalue weighted by Crippen LogP contribution is -2.46. The van der Waals surface area contributed by atoms with Crippen molar-refractivity contribution in [3.63, 3.8) is 0 Å². The normalized spacial score (nSPS) is 14.3. The number of fused-ring (bicyclic) bond motifs is 1. The monoisotopic (exact) mass is 465 g/mol. The summed E-state index contributed by atoms with van der Waals surface area (Å²) in [6.45, 7) is 6.87. The zero-order valence-electron chi connectivity index (χ0n) is 20.3. The van der Waals surface area contributed by atoms with Crippen LogP contribution in [0.3, 0.4) is 0 Å². The van der Waals surface area contributed by atoms with Gasteiger partial charge >= 0.3 is 5.97 Å². The highest BCUT2D eigenvalue weighted by Crippen LogP contribution is 2.31. The van der Waals surface area contributed by atoms with Gasteiger partial charge in [0.05, 0.1) is 13.0 Å². The number of carbonyl (C=O) groups excluding carboxylic acids is 1. The van der Waals surface area contributed by atoms with Crippen molar-refractivity contribution in [1.82, 2.24) is 10.3 Å². The Kier molecular flexibility index (Phi) is 9.03. The second kappa shape index (κ2) is 12.0. The first kappa shape index (κ1) is 25.7. The average molecular weight is 466 g/mol. The second-order valence-corrected chi connectivity index (χ2v) is 9.54. The van der Waals surface area contributed by atoms with Crippen molar-refractivity contribution in [3.05, 3.63) is 58.9 Å². The van der Waals surface area contributed by atoms with E-state index in [1.807, 2.05) is 6.07 Å². The number of ether oxygens (including phenoxy) is 2. The van der Waals surface area contributed by atoms with Crippen molar-refractivity contribution in [3.8, 4) is 11.8 Å². The minimum atomic E-state index is -0.727. The van der Waals surface area contributed by atoms with Crippen LogP contribution in [-0.2, 0) is 28.8 Å². The standard InChI is InChI=1S/C27H35N3O4/c1-4-33-26(32)12-10-22-9-11-25(24(16-28)30-22)34-18-23(31)17-29-27(2,3)15-19-13-20-7-5-6-8-21(20)14-19/h5-9,11,19,23,29,31H,4,10,12-15,17-18H2,1-3H3/t23-/m0/s1. The molecule has 3 rings (SSSR count). The summed E-state index contributed by atoms with van der Waals surface area (Å²) >= 11 is 0. The Hall–Kier alpha value is -2.95. The molecule has 0 aliphatic heterocycles. The van der Waals surface area contributed by atoms with Crippen LogP contribution in [0.5, 0.6) is 5.75 Å². The maximum Gasteiger partial charge on any atom is 0.306 e. The van der Waals surface area contributed by atoms with Gasteiger partial charge in [-0.15, -0.1) is 0 Å². The third-order valence-corrected chi connectivity index (χ3v) is 6.09. The quantitative estimate of drug-likeness (QED) is 0.463. The predicted molar refractivity (Wildman–Crippen MR) is 129 cm³/mol. The van der Waals surface area contributed by atoms with E-state index in [2.05, 4.69) is 48.4 Å². The van der Waals surface area contributed by atoms with Crippen LogP contribution in [0.4, 0.5) is 0 Å². The molecular weight excluding hydrogens is 430 g/mol. The van der Waals surface area contributed by atoms with Gasteiger partial charge in [-0.2, -0.15) is 5.26 Å². The third kappa shape index (κ3) is 7.54. The zero-order valence-corrected chi connectivity index (χ0v) is 20.3. The Morgan fingerprint density at radius 1 is 1.26 bits per heavy atom. The number of hydrogen-bond acceptors (Lipinski definition) is 7. The van der Waals surface area contributed by atoms with Crippen LogP contribution in [0.1, 0.15) is 56.1 Å². The summed E-state index contributed by atoms with van der Waals surface area (Å²) in [6.07, 6.45) is 3.10. The molecule has 1 aromatic carbocycles. The van der Waals surface area contributed by atoms with Gasteiger partial charge in [0.15, 0.2) is 11.4 Å². The first-order chi connectivity index (χ1) is 16.3. The number of nitriles is 1. The number of aromatic nitrogens is 1. The number of benzene rings is 1. The summed E-state index contributed by atoms with van der Waals surface area (Å²) in [5.74, 6) is 0.628. The molecule has 2 N–H and O–H groups in total. The molecule has 1 atom stereocenters. The van der Waals surface area contributed by atoms with Crippen molar-refractivity contribution in [1.29, 1.82) is 5.26 Å². The van der Waals surface area contributed by atoms with Crippen molar-refractivity contribution >= 4 is 5.97 Å². The van der Waals surface area contributed by atoms with Crippen LogP contribution >= 0.6 is 0 Å². The number of rotatable bonds is 12. The Morgan fingerprint density at radius 2 is 1.97 bits per heavy atom. The summed E-state index contributed by atoms with van der Waals surface area (Å²) in [4.78, 5) is 15.8. The molecule has 0 amide bonds. The Balaban J connectivity index is 1.43. The molecule has 2 aromatic rings. The summed E-state index contributed by atoms with van der Waals surface area (Å²) in [5, 5.41) is 23.3. The molecule has 0 spiro atoms. The van der Waals surface area contributed by atoms with Gasteiger partial charge in [-0.05, 0) is 69.2 Å². The van der Waals surface area contributed by atoms with E-state index in [0.29, 0.717) is 36.9 Å². The van der Waals surface area contributed by atoms with E-state index in [-0.39, 0.29) is 30.2 Å². The largest absolute Gasteiger partial charge is 0.488 e. The number of carbonyl (C=O) groups is 1. The third-order valence-electron chi connectivity index (χ3n) is 6.09. The summed E-state index contributed by atoms with van der Waals surface area (Å²) < 4.78 is 10.6. The SMILES string of the molecule is CCOC(=O)CCc1ccc(OC[C@@H](O)CNC(C)(C)CC2Cc3ccccc3C2)c(C#N)n1. The maximum atomic E-state index is 11.5. The molecule has 0 saturated heterocycles. The van der Waals surface area contributed by atoms with E-state index >= 15 is 0 Å². The van der Waals surface area contributed by atoms with Gasteiger partial charge in [-0.25, -0.2) is 4.98 Å². The lowest BCUT2D eigenvalue weighted by molar-refractivity contribution is -0.143.